The van der Waals surface area contributed by atoms with Gasteiger partial charge in [-0.05, 0) is 45.2 Å². The number of anilines is 1. The highest BCUT2D eigenvalue weighted by Crippen LogP contribution is 2.29. The van der Waals surface area contributed by atoms with E-state index in [1.807, 2.05) is 56.3 Å². The quantitative estimate of drug-likeness (QED) is 0.820. The summed E-state index contributed by atoms with van der Waals surface area (Å²) in [5.74, 6) is 1.15. The molecular formula is C19H24N2O3. The molecule has 0 heterocycles. The minimum Gasteiger partial charge on any atom is -0.455 e. The van der Waals surface area contributed by atoms with E-state index in [1.54, 1.807) is 18.0 Å². The molecule has 2 aromatic carbocycles. The summed E-state index contributed by atoms with van der Waals surface area (Å²) in [6.45, 7) is 4.08. The molecule has 5 heteroatoms. The van der Waals surface area contributed by atoms with Crippen LogP contribution >= 0.6 is 0 Å². The number of aliphatic hydroxyl groups excluding tert-OH is 1. The van der Waals surface area contributed by atoms with Crippen molar-refractivity contribution in [2.75, 3.05) is 25.5 Å². The lowest BCUT2D eigenvalue weighted by Crippen LogP contribution is -2.38. The van der Waals surface area contributed by atoms with Crippen LogP contribution in [0.3, 0.4) is 0 Å². The average molecular weight is 328 g/mol. The van der Waals surface area contributed by atoms with Crippen molar-refractivity contribution in [2.24, 2.45) is 0 Å². The third kappa shape index (κ3) is 5.08. The monoisotopic (exact) mass is 328 g/mol. The van der Waals surface area contributed by atoms with Crippen LogP contribution in [0.1, 0.15) is 12.5 Å². The van der Waals surface area contributed by atoms with Crippen LogP contribution in [0.5, 0.6) is 11.5 Å². The number of benzene rings is 2. The lowest BCUT2D eigenvalue weighted by molar-refractivity contribution is -0.117. The second-order valence-corrected chi connectivity index (χ2v) is 5.91. The fourth-order valence-electron chi connectivity index (χ4n) is 2.10. The summed E-state index contributed by atoms with van der Waals surface area (Å²) in [7, 11) is 1.80. The Morgan fingerprint density at radius 1 is 1.21 bits per heavy atom. The molecule has 0 saturated heterocycles. The van der Waals surface area contributed by atoms with E-state index < -0.39 is 0 Å². The van der Waals surface area contributed by atoms with E-state index in [9.17, 15) is 4.79 Å². The SMILES string of the molecule is Cc1ccc(Oc2ccccc2NC(=O)CN(C)C(C)CO)cc1. The summed E-state index contributed by atoms with van der Waals surface area (Å²) in [5.41, 5.74) is 1.78. The maximum absolute atomic E-state index is 12.2. The first kappa shape index (κ1) is 18.0. The smallest absolute Gasteiger partial charge is 0.238 e. The zero-order valence-corrected chi connectivity index (χ0v) is 14.3. The molecule has 0 saturated carbocycles. The molecule has 2 rings (SSSR count). The number of carbonyl (C=O) groups is 1. The van der Waals surface area contributed by atoms with E-state index in [0.29, 0.717) is 17.2 Å². The molecule has 5 nitrogen and oxygen atoms in total. The number of amides is 1. The second kappa shape index (κ2) is 8.47. The van der Waals surface area contributed by atoms with Crippen molar-refractivity contribution in [2.45, 2.75) is 19.9 Å². The molecule has 0 aliphatic rings. The molecule has 1 unspecified atom stereocenters. The van der Waals surface area contributed by atoms with Crippen LogP contribution in [-0.4, -0.2) is 42.2 Å². The topological polar surface area (TPSA) is 61.8 Å². The molecule has 0 fully saturated rings. The number of hydrogen-bond acceptors (Lipinski definition) is 4. The number of para-hydroxylation sites is 2. The number of aliphatic hydroxyl groups is 1. The number of hydrogen-bond donors (Lipinski definition) is 2. The maximum Gasteiger partial charge on any atom is 0.238 e. The highest BCUT2D eigenvalue weighted by Gasteiger charge is 2.14. The van der Waals surface area contributed by atoms with Crippen LogP contribution in [0.2, 0.25) is 0 Å². The van der Waals surface area contributed by atoms with Crippen LogP contribution in [0.15, 0.2) is 48.5 Å². The van der Waals surface area contributed by atoms with Crippen molar-refractivity contribution in [3.8, 4) is 11.5 Å². The van der Waals surface area contributed by atoms with Gasteiger partial charge in [0.25, 0.3) is 0 Å². The van der Waals surface area contributed by atoms with Crippen molar-refractivity contribution >= 4 is 11.6 Å². The Kier molecular flexibility index (Phi) is 6.35. The Balaban J connectivity index is 2.05. The van der Waals surface area contributed by atoms with Crippen LogP contribution in [0.25, 0.3) is 0 Å². The zero-order valence-electron chi connectivity index (χ0n) is 14.3. The predicted octanol–water partition coefficient (Wildman–Crippen LogP) is 3.04. The highest BCUT2D eigenvalue weighted by atomic mass is 16.5. The molecule has 1 atom stereocenters. The number of aryl methyl sites for hydroxylation is 1. The van der Waals surface area contributed by atoms with Crippen LogP contribution in [0.4, 0.5) is 5.69 Å². The van der Waals surface area contributed by atoms with Crippen molar-refractivity contribution in [1.82, 2.24) is 4.90 Å². The standard InChI is InChI=1S/C19H24N2O3/c1-14-8-10-16(11-9-14)24-18-7-5-4-6-17(18)20-19(23)12-21(3)15(2)13-22/h4-11,15,22H,12-13H2,1-3H3,(H,20,23). The molecule has 0 aromatic heterocycles. The minimum atomic E-state index is -0.155. The van der Waals surface area contributed by atoms with Crippen molar-refractivity contribution in [3.63, 3.8) is 0 Å². The van der Waals surface area contributed by atoms with Gasteiger partial charge in [-0.3, -0.25) is 9.69 Å². The van der Waals surface area contributed by atoms with Crippen molar-refractivity contribution in [3.05, 3.63) is 54.1 Å². The van der Waals surface area contributed by atoms with E-state index in [-0.39, 0.29) is 25.1 Å². The molecule has 1 amide bonds. The summed E-state index contributed by atoms with van der Waals surface area (Å²) < 4.78 is 5.87. The number of carbonyl (C=O) groups excluding carboxylic acids is 1. The van der Waals surface area contributed by atoms with Crippen LogP contribution in [-0.2, 0) is 4.79 Å². The normalized spacial score (nSPS) is 12.0. The number of nitrogens with one attached hydrogen (secondary N) is 1. The summed E-state index contributed by atoms with van der Waals surface area (Å²) >= 11 is 0. The van der Waals surface area contributed by atoms with E-state index >= 15 is 0 Å². The molecule has 0 bridgehead atoms. The first-order valence-electron chi connectivity index (χ1n) is 7.94. The summed E-state index contributed by atoms with van der Waals surface area (Å²) in [6.07, 6.45) is 0. The van der Waals surface area contributed by atoms with E-state index in [2.05, 4.69) is 5.32 Å². The van der Waals surface area contributed by atoms with Gasteiger partial charge >= 0.3 is 0 Å². The van der Waals surface area contributed by atoms with Gasteiger partial charge in [0, 0.05) is 6.04 Å². The summed E-state index contributed by atoms with van der Waals surface area (Å²) in [6, 6.07) is 15.0. The second-order valence-electron chi connectivity index (χ2n) is 5.91. The summed E-state index contributed by atoms with van der Waals surface area (Å²) in [4.78, 5) is 14.0. The minimum absolute atomic E-state index is 0.0108. The van der Waals surface area contributed by atoms with Crippen molar-refractivity contribution < 1.29 is 14.6 Å². The van der Waals surface area contributed by atoms with Gasteiger partial charge < -0.3 is 15.2 Å². The molecule has 128 valence electrons. The molecule has 0 spiro atoms. The molecule has 2 N–H and O–H groups in total. The van der Waals surface area contributed by atoms with Gasteiger partial charge in [-0.1, -0.05) is 29.8 Å². The largest absolute Gasteiger partial charge is 0.455 e. The molecule has 0 aliphatic carbocycles. The van der Waals surface area contributed by atoms with Gasteiger partial charge in [-0.25, -0.2) is 0 Å². The third-order valence-corrected chi connectivity index (χ3v) is 3.82. The van der Waals surface area contributed by atoms with Gasteiger partial charge in [0.15, 0.2) is 5.75 Å². The van der Waals surface area contributed by atoms with Gasteiger partial charge in [0.2, 0.25) is 5.91 Å². The molecule has 2 aromatic rings. The van der Waals surface area contributed by atoms with Gasteiger partial charge in [-0.2, -0.15) is 0 Å². The number of ether oxygens (including phenoxy) is 1. The van der Waals surface area contributed by atoms with Gasteiger partial charge in [-0.15, -0.1) is 0 Å². The van der Waals surface area contributed by atoms with Crippen molar-refractivity contribution in [1.29, 1.82) is 0 Å². The lowest BCUT2D eigenvalue weighted by atomic mass is 10.2. The van der Waals surface area contributed by atoms with Gasteiger partial charge in [0.05, 0.1) is 18.8 Å². The van der Waals surface area contributed by atoms with Crippen LogP contribution in [0, 0.1) is 6.92 Å². The van der Waals surface area contributed by atoms with E-state index in [1.165, 1.54) is 0 Å². The third-order valence-electron chi connectivity index (χ3n) is 3.82. The Morgan fingerprint density at radius 3 is 2.54 bits per heavy atom. The number of likely N-dealkylation sites (N-methyl/N-ethyl adjacent to an activating group) is 1. The lowest BCUT2D eigenvalue weighted by Gasteiger charge is -2.22. The van der Waals surface area contributed by atoms with E-state index in [4.69, 9.17) is 9.84 Å². The highest BCUT2D eigenvalue weighted by molar-refractivity contribution is 5.93. The Bertz CT molecular complexity index is 671. The fraction of sp³-hybridized carbons (Fsp3) is 0.316. The fourth-order valence-corrected chi connectivity index (χ4v) is 2.10. The Labute approximate surface area is 142 Å². The first-order chi connectivity index (χ1) is 11.5. The first-order valence-corrected chi connectivity index (χ1v) is 7.94. The van der Waals surface area contributed by atoms with E-state index in [0.717, 1.165) is 5.56 Å². The van der Waals surface area contributed by atoms with Crippen LogP contribution < -0.4 is 10.1 Å². The molecule has 0 aliphatic heterocycles. The number of nitrogens with zero attached hydrogens (tertiary/aromatic N) is 1. The molecule has 0 radical (unpaired) electrons. The summed E-state index contributed by atoms with van der Waals surface area (Å²) in [5, 5.41) is 12.0. The molecule has 24 heavy (non-hydrogen) atoms. The Hall–Kier alpha value is -2.37. The number of rotatable bonds is 7. The molecular weight excluding hydrogens is 304 g/mol. The Morgan fingerprint density at radius 2 is 1.88 bits per heavy atom. The zero-order chi connectivity index (χ0) is 17.5. The maximum atomic E-state index is 12.2. The average Bonchev–Trinajstić information content (AvgIpc) is 2.57. The van der Waals surface area contributed by atoms with Gasteiger partial charge in [0.1, 0.15) is 5.75 Å². The predicted molar refractivity (Wildman–Crippen MR) is 95.5 cm³/mol.